The van der Waals surface area contributed by atoms with E-state index in [1.165, 1.54) is 46.4 Å². The standard InChI is InChI=1S/C9H10N4OS4/c1-5-3-16-7(10-5)11-6(14)4-17-9-12-8(15-2)13-18-9/h3H,4H2,1-2H3,(H,10,11,14). The van der Waals surface area contributed by atoms with Crippen molar-refractivity contribution in [1.29, 1.82) is 0 Å². The number of nitrogens with one attached hydrogen (secondary N) is 1. The van der Waals surface area contributed by atoms with Crippen LogP contribution in [0.1, 0.15) is 5.69 Å². The molecule has 0 aliphatic heterocycles. The maximum Gasteiger partial charge on any atom is 0.236 e. The third-order valence-electron chi connectivity index (χ3n) is 1.76. The first-order valence-corrected chi connectivity index (χ1v) is 8.76. The maximum atomic E-state index is 11.7. The van der Waals surface area contributed by atoms with Gasteiger partial charge in [-0.1, -0.05) is 23.5 Å². The van der Waals surface area contributed by atoms with Gasteiger partial charge in [-0.25, -0.2) is 9.97 Å². The quantitative estimate of drug-likeness (QED) is 0.855. The highest BCUT2D eigenvalue weighted by Gasteiger charge is 2.09. The van der Waals surface area contributed by atoms with Gasteiger partial charge in [-0.3, -0.25) is 4.79 Å². The lowest BCUT2D eigenvalue weighted by molar-refractivity contribution is -0.113. The van der Waals surface area contributed by atoms with Gasteiger partial charge < -0.3 is 5.32 Å². The molecule has 0 bridgehead atoms. The van der Waals surface area contributed by atoms with E-state index >= 15 is 0 Å². The van der Waals surface area contributed by atoms with Gasteiger partial charge in [0.1, 0.15) is 0 Å². The maximum absolute atomic E-state index is 11.7. The summed E-state index contributed by atoms with van der Waals surface area (Å²) in [4.78, 5) is 20.1. The summed E-state index contributed by atoms with van der Waals surface area (Å²) in [5.74, 6) is 0.247. The molecule has 0 saturated carbocycles. The predicted molar refractivity (Wildman–Crippen MR) is 77.9 cm³/mol. The molecule has 18 heavy (non-hydrogen) atoms. The van der Waals surface area contributed by atoms with Crippen LogP contribution in [-0.4, -0.2) is 32.3 Å². The second-order valence-electron chi connectivity index (χ2n) is 3.18. The number of amides is 1. The Bertz CT molecular complexity index is 538. The summed E-state index contributed by atoms with van der Waals surface area (Å²) in [6, 6.07) is 0. The highest BCUT2D eigenvalue weighted by molar-refractivity contribution is 8.01. The van der Waals surface area contributed by atoms with Crippen molar-refractivity contribution in [3.05, 3.63) is 11.1 Å². The molecule has 0 saturated heterocycles. The Morgan fingerprint density at radius 1 is 1.50 bits per heavy atom. The van der Waals surface area contributed by atoms with Crippen molar-refractivity contribution in [2.75, 3.05) is 17.3 Å². The van der Waals surface area contributed by atoms with Gasteiger partial charge >= 0.3 is 0 Å². The zero-order chi connectivity index (χ0) is 13.0. The fourth-order valence-electron chi connectivity index (χ4n) is 1.03. The minimum Gasteiger partial charge on any atom is -0.301 e. The molecule has 2 rings (SSSR count). The molecule has 96 valence electrons. The number of thioether (sulfide) groups is 2. The Kier molecular flexibility index (Phi) is 4.98. The number of aryl methyl sites for hydroxylation is 1. The van der Waals surface area contributed by atoms with Crippen LogP contribution in [0.3, 0.4) is 0 Å². The molecule has 2 aromatic heterocycles. The molecule has 0 radical (unpaired) electrons. The number of anilines is 1. The third-order valence-corrected chi connectivity index (χ3v) is 5.14. The molecule has 0 spiro atoms. The smallest absolute Gasteiger partial charge is 0.236 e. The molecule has 5 nitrogen and oxygen atoms in total. The second kappa shape index (κ2) is 6.50. The summed E-state index contributed by atoms with van der Waals surface area (Å²) < 4.78 is 4.94. The van der Waals surface area contributed by atoms with Crippen LogP contribution in [0.5, 0.6) is 0 Å². The molecule has 0 fully saturated rings. The number of hydrogen-bond donors (Lipinski definition) is 1. The van der Waals surface area contributed by atoms with E-state index in [0.29, 0.717) is 10.9 Å². The Balaban J connectivity index is 1.81. The molecular weight excluding hydrogens is 308 g/mol. The van der Waals surface area contributed by atoms with E-state index in [-0.39, 0.29) is 5.91 Å². The topological polar surface area (TPSA) is 67.8 Å². The fourth-order valence-corrected chi connectivity index (χ4v) is 3.75. The zero-order valence-electron chi connectivity index (χ0n) is 9.67. The number of hydrogen-bond acceptors (Lipinski definition) is 8. The van der Waals surface area contributed by atoms with E-state index in [4.69, 9.17) is 0 Å². The average molecular weight is 318 g/mol. The van der Waals surface area contributed by atoms with Crippen LogP contribution in [0, 0.1) is 6.92 Å². The molecule has 2 aromatic rings. The van der Waals surface area contributed by atoms with E-state index < -0.39 is 0 Å². The van der Waals surface area contributed by atoms with Gasteiger partial charge in [-0.2, -0.15) is 4.37 Å². The van der Waals surface area contributed by atoms with E-state index in [1.54, 1.807) is 0 Å². The minimum atomic E-state index is -0.0738. The van der Waals surface area contributed by atoms with Gasteiger partial charge in [-0.05, 0) is 24.7 Å². The highest BCUT2D eigenvalue weighted by Crippen LogP contribution is 2.23. The van der Waals surface area contributed by atoms with Gasteiger partial charge in [0.15, 0.2) is 9.47 Å². The summed E-state index contributed by atoms with van der Waals surface area (Å²) in [7, 11) is 0. The Labute approximate surface area is 121 Å². The summed E-state index contributed by atoms with van der Waals surface area (Å²) in [6.07, 6.45) is 1.92. The summed E-state index contributed by atoms with van der Waals surface area (Å²) in [6.45, 7) is 1.89. The SMILES string of the molecule is CSc1nsc(SCC(=O)Nc2nc(C)cs2)n1. The van der Waals surface area contributed by atoms with Crippen LogP contribution in [-0.2, 0) is 4.79 Å². The van der Waals surface area contributed by atoms with Crippen molar-refractivity contribution in [3.8, 4) is 0 Å². The normalized spacial score (nSPS) is 10.6. The Morgan fingerprint density at radius 2 is 2.33 bits per heavy atom. The van der Waals surface area contributed by atoms with E-state index in [1.807, 2.05) is 18.6 Å². The lowest BCUT2D eigenvalue weighted by Gasteiger charge is -1.98. The first-order valence-electron chi connectivity index (χ1n) is 4.90. The Hall–Kier alpha value is -0.640. The van der Waals surface area contributed by atoms with Crippen LogP contribution >= 0.6 is 46.4 Å². The molecule has 2 heterocycles. The molecular formula is C9H10N4OS4. The number of nitrogens with zero attached hydrogens (tertiary/aromatic N) is 3. The first kappa shape index (κ1) is 13.8. The van der Waals surface area contributed by atoms with Gasteiger partial charge in [0.25, 0.3) is 0 Å². The summed E-state index contributed by atoms with van der Waals surface area (Å²) in [5, 5.41) is 6.04. The number of aromatic nitrogens is 3. The molecule has 0 aromatic carbocycles. The second-order valence-corrected chi connectivity index (χ2v) is 6.78. The number of rotatable bonds is 5. The summed E-state index contributed by atoms with van der Waals surface area (Å²) in [5.41, 5.74) is 0.914. The monoisotopic (exact) mass is 318 g/mol. The fraction of sp³-hybridized carbons (Fsp3) is 0.333. The average Bonchev–Trinajstić information content (AvgIpc) is 2.95. The lowest BCUT2D eigenvalue weighted by atomic mass is 10.6. The predicted octanol–water partition coefficient (Wildman–Crippen LogP) is 2.76. The van der Waals surface area contributed by atoms with Crippen LogP contribution < -0.4 is 5.32 Å². The molecule has 0 atom stereocenters. The number of carbonyl (C=O) groups excluding carboxylic acids is 1. The number of carbonyl (C=O) groups is 1. The van der Waals surface area contributed by atoms with Crippen molar-refractivity contribution < 1.29 is 4.79 Å². The highest BCUT2D eigenvalue weighted by atomic mass is 32.2. The van der Waals surface area contributed by atoms with Gasteiger partial charge in [0.2, 0.25) is 11.1 Å². The number of thiazole rings is 1. The Morgan fingerprint density at radius 3 is 2.94 bits per heavy atom. The van der Waals surface area contributed by atoms with Crippen molar-refractivity contribution in [3.63, 3.8) is 0 Å². The molecule has 0 unspecified atom stereocenters. The molecule has 1 N–H and O–H groups in total. The van der Waals surface area contributed by atoms with Crippen molar-refractivity contribution in [2.45, 2.75) is 16.4 Å². The third kappa shape index (κ3) is 3.94. The molecule has 0 aliphatic carbocycles. The lowest BCUT2D eigenvalue weighted by Crippen LogP contribution is -2.13. The van der Waals surface area contributed by atoms with E-state index in [0.717, 1.165) is 15.2 Å². The molecule has 9 heteroatoms. The minimum absolute atomic E-state index is 0.0738. The van der Waals surface area contributed by atoms with Crippen molar-refractivity contribution >= 4 is 57.4 Å². The molecule has 1 amide bonds. The van der Waals surface area contributed by atoms with Crippen molar-refractivity contribution in [1.82, 2.24) is 14.3 Å². The van der Waals surface area contributed by atoms with Gasteiger partial charge in [0.05, 0.1) is 11.4 Å². The van der Waals surface area contributed by atoms with E-state index in [9.17, 15) is 4.79 Å². The van der Waals surface area contributed by atoms with Crippen LogP contribution in [0.15, 0.2) is 14.9 Å². The van der Waals surface area contributed by atoms with Crippen LogP contribution in [0.2, 0.25) is 0 Å². The summed E-state index contributed by atoms with van der Waals surface area (Å²) >= 11 is 5.62. The van der Waals surface area contributed by atoms with Gasteiger partial charge in [-0.15, -0.1) is 11.3 Å². The van der Waals surface area contributed by atoms with E-state index in [2.05, 4.69) is 19.7 Å². The van der Waals surface area contributed by atoms with Crippen LogP contribution in [0.25, 0.3) is 0 Å². The largest absolute Gasteiger partial charge is 0.301 e. The molecule has 0 aliphatic rings. The van der Waals surface area contributed by atoms with Crippen molar-refractivity contribution in [2.24, 2.45) is 0 Å². The first-order chi connectivity index (χ1) is 8.67. The van der Waals surface area contributed by atoms with Gasteiger partial charge in [0, 0.05) is 5.38 Å². The van der Waals surface area contributed by atoms with Crippen LogP contribution in [0.4, 0.5) is 5.13 Å². The zero-order valence-corrected chi connectivity index (χ0v) is 12.9.